The second kappa shape index (κ2) is 8.92. The van der Waals surface area contributed by atoms with E-state index in [9.17, 15) is 9.59 Å². The first-order chi connectivity index (χ1) is 9.54. The number of hydrogen-bond donors (Lipinski definition) is 2. The minimum absolute atomic E-state index is 0.0261. The number of esters is 1. The standard InChI is InChI=1S/C14H27N3O3/c1-4-20-14(19)12-9-15-7-8-17(12)10-13(18)16-6-5-11(2)3/h11-12,15H,4-10H2,1-3H3,(H,16,18). The minimum atomic E-state index is -0.362. The Kier molecular flexibility index (Phi) is 7.54. The highest BCUT2D eigenvalue weighted by atomic mass is 16.5. The van der Waals surface area contributed by atoms with Gasteiger partial charge >= 0.3 is 5.97 Å². The highest BCUT2D eigenvalue weighted by Crippen LogP contribution is 2.05. The highest BCUT2D eigenvalue weighted by molar-refractivity contribution is 5.80. The Hall–Kier alpha value is -1.14. The van der Waals surface area contributed by atoms with Gasteiger partial charge in [-0.1, -0.05) is 13.8 Å². The second-order valence-electron chi connectivity index (χ2n) is 5.47. The van der Waals surface area contributed by atoms with Crippen LogP contribution in [0.4, 0.5) is 0 Å². The van der Waals surface area contributed by atoms with Crippen molar-refractivity contribution >= 4 is 11.9 Å². The molecule has 2 N–H and O–H groups in total. The molecule has 1 fully saturated rings. The summed E-state index contributed by atoms with van der Waals surface area (Å²) in [5, 5.41) is 6.06. The van der Waals surface area contributed by atoms with Gasteiger partial charge in [0.05, 0.1) is 13.2 Å². The fourth-order valence-electron chi connectivity index (χ4n) is 2.15. The Morgan fingerprint density at radius 3 is 2.85 bits per heavy atom. The Labute approximate surface area is 121 Å². The largest absolute Gasteiger partial charge is 0.465 e. The zero-order valence-corrected chi connectivity index (χ0v) is 12.8. The summed E-state index contributed by atoms with van der Waals surface area (Å²) >= 11 is 0. The van der Waals surface area contributed by atoms with E-state index in [4.69, 9.17) is 4.74 Å². The molecule has 1 saturated heterocycles. The maximum absolute atomic E-state index is 11.9. The molecule has 0 spiro atoms. The van der Waals surface area contributed by atoms with E-state index in [2.05, 4.69) is 24.5 Å². The number of hydrogen-bond acceptors (Lipinski definition) is 5. The summed E-state index contributed by atoms with van der Waals surface area (Å²) in [6.07, 6.45) is 0.967. The van der Waals surface area contributed by atoms with Gasteiger partial charge in [0.2, 0.25) is 5.91 Å². The van der Waals surface area contributed by atoms with E-state index in [1.165, 1.54) is 0 Å². The maximum atomic E-state index is 11.9. The quantitative estimate of drug-likeness (QED) is 0.644. The molecule has 0 aromatic heterocycles. The zero-order valence-electron chi connectivity index (χ0n) is 12.8. The summed E-state index contributed by atoms with van der Waals surface area (Å²) in [7, 11) is 0. The Bertz CT molecular complexity index is 321. The summed E-state index contributed by atoms with van der Waals surface area (Å²) < 4.78 is 5.05. The minimum Gasteiger partial charge on any atom is -0.465 e. The lowest BCUT2D eigenvalue weighted by molar-refractivity contribution is -0.150. The summed E-state index contributed by atoms with van der Waals surface area (Å²) in [5.74, 6) is 0.290. The zero-order chi connectivity index (χ0) is 15.0. The van der Waals surface area contributed by atoms with E-state index in [0.717, 1.165) is 13.0 Å². The number of amides is 1. The monoisotopic (exact) mass is 285 g/mol. The lowest BCUT2D eigenvalue weighted by Gasteiger charge is -2.33. The number of carbonyl (C=O) groups excluding carboxylic acids is 2. The van der Waals surface area contributed by atoms with Crippen molar-refractivity contribution in [2.75, 3.05) is 39.3 Å². The van der Waals surface area contributed by atoms with Gasteiger partial charge in [-0.2, -0.15) is 0 Å². The summed E-state index contributed by atoms with van der Waals surface area (Å²) in [6, 6.07) is -0.362. The smallest absolute Gasteiger partial charge is 0.324 e. The van der Waals surface area contributed by atoms with E-state index in [1.807, 2.05) is 4.90 Å². The maximum Gasteiger partial charge on any atom is 0.324 e. The normalized spacial score (nSPS) is 19.9. The van der Waals surface area contributed by atoms with Crippen molar-refractivity contribution < 1.29 is 14.3 Å². The van der Waals surface area contributed by atoms with Crippen LogP contribution in [0.15, 0.2) is 0 Å². The summed E-state index contributed by atoms with van der Waals surface area (Å²) in [4.78, 5) is 25.6. The summed E-state index contributed by atoms with van der Waals surface area (Å²) in [6.45, 7) is 9.35. The van der Waals surface area contributed by atoms with Gasteiger partial charge in [-0.25, -0.2) is 0 Å². The molecule has 1 aliphatic rings. The average Bonchev–Trinajstić information content (AvgIpc) is 2.39. The Balaban J connectivity index is 2.41. The molecular weight excluding hydrogens is 258 g/mol. The fraction of sp³-hybridized carbons (Fsp3) is 0.857. The number of rotatable bonds is 7. The molecule has 0 bridgehead atoms. The number of ether oxygens (including phenoxy) is 1. The van der Waals surface area contributed by atoms with Gasteiger partial charge in [-0.15, -0.1) is 0 Å². The van der Waals surface area contributed by atoms with Crippen LogP contribution >= 0.6 is 0 Å². The summed E-state index contributed by atoms with van der Waals surface area (Å²) in [5.41, 5.74) is 0. The van der Waals surface area contributed by atoms with Crippen LogP contribution in [0.25, 0.3) is 0 Å². The third-order valence-corrected chi connectivity index (χ3v) is 3.30. The Morgan fingerprint density at radius 1 is 1.45 bits per heavy atom. The molecular formula is C14H27N3O3. The fourth-order valence-corrected chi connectivity index (χ4v) is 2.15. The van der Waals surface area contributed by atoms with Crippen LogP contribution in [0.1, 0.15) is 27.2 Å². The first-order valence-electron chi connectivity index (χ1n) is 7.42. The lowest BCUT2D eigenvalue weighted by atomic mass is 10.1. The van der Waals surface area contributed by atoms with E-state index in [-0.39, 0.29) is 24.5 Å². The van der Waals surface area contributed by atoms with Crippen LogP contribution in [-0.4, -0.2) is 62.1 Å². The van der Waals surface area contributed by atoms with Gasteiger partial charge in [-0.3, -0.25) is 14.5 Å². The van der Waals surface area contributed by atoms with Gasteiger partial charge in [0.15, 0.2) is 0 Å². The van der Waals surface area contributed by atoms with Crippen molar-refractivity contribution in [3.8, 4) is 0 Å². The molecule has 1 amide bonds. The topological polar surface area (TPSA) is 70.7 Å². The van der Waals surface area contributed by atoms with Gasteiger partial charge in [-0.05, 0) is 19.3 Å². The third kappa shape index (κ3) is 5.88. The molecule has 0 aromatic rings. The third-order valence-electron chi connectivity index (χ3n) is 3.30. The number of piperazine rings is 1. The van der Waals surface area contributed by atoms with Gasteiger partial charge in [0, 0.05) is 26.2 Å². The van der Waals surface area contributed by atoms with Crippen molar-refractivity contribution in [3.05, 3.63) is 0 Å². The van der Waals surface area contributed by atoms with Crippen molar-refractivity contribution in [1.29, 1.82) is 0 Å². The van der Waals surface area contributed by atoms with Crippen LogP contribution in [0.2, 0.25) is 0 Å². The highest BCUT2D eigenvalue weighted by Gasteiger charge is 2.30. The molecule has 0 aromatic carbocycles. The molecule has 1 heterocycles. The van der Waals surface area contributed by atoms with E-state index in [1.54, 1.807) is 6.92 Å². The van der Waals surface area contributed by atoms with Crippen molar-refractivity contribution in [2.45, 2.75) is 33.2 Å². The van der Waals surface area contributed by atoms with Crippen molar-refractivity contribution in [3.63, 3.8) is 0 Å². The predicted octanol–water partition coefficient (Wildman–Crippen LogP) is -0.0144. The number of carbonyl (C=O) groups is 2. The van der Waals surface area contributed by atoms with Gasteiger partial charge in [0.25, 0.3) is 0 Å². The molecule has 0 radical (unpaired) electrons. The molecule has 116 valence electrons. The second-order valence-corrected chi connectivity index (χ2v) is 5.47. The molecule has 0 saturated carbocycles. The van der Waals surface area contributed by atoms with E-state index in [0.29, 0.717) is 32.2 Å². The molecule has 6 heteroatoms. The van der Waals surface area contributed by atoms with Gasteiger partial charge < -0.3 is 15.4 Å². The van der Waals surface area contributed by atoms with E-state index >= 15 is 0 Å². The first-order valence-corrected chi connectivity index (χ1v) is 7.42. The van der Waals surface area contributed by atoms with Crippen LogP contribution in [0.3, 0.4) is 0 Å². The van der Waals surface area contributed by atoms with Crippen LogP contribution in [0.5, 0.6) is 0 Å². The van der Waals surface area contributed by atoms with Crippen LogP contribution in [-0.2, 0) is 14.3 Å². The molecule has 1 aliphatic heterocycles. The van der Waals surface area contributed by atoms with Crippen LogP contribution in [0, 0.1) is 5.92 Å². The lowest BCUT2D eigenvalue weighted by Crippen LogP contribution is -2.57. The molecule has 0 aliphatic carbocycles. The average molecular weight is 285 g/mol. The van der Waals surface area contributed by atoms with Crippen LogP contribution < -0.4 is 10.6 Å². The molecule has 20 heavy (non-hydrogen) atoms. The Morgan fingerprint density at radius 2 is 2.20 bits per heavy atom. The van der Waals surface area contributed by atoms with Crippen molar-refractivity contribution in [2.24, 2.45) is 5.92 Å². The predicted molar refractivity (Wildman–Crippen MR) is 77.3 cm³/mol. The first kappa shape index (κ1) is 16.9. The number of nitrogens with one attached hydrogen (secondary N) is 2. The van der Waals surface area contributed by atoms with Gasteiger partial charge in [0.1, 0.15) is 6.04 Å². The number of nitrogens with zero attached hydrogens (tertiary/aromatic N) is 1. The molecule has 1 unspecified atom stereocenters. The molecule has 1 rings (SSSR count). The SMILES string of the molecule is CCOC(=O)C1CNCCN1CC(=O)NCCC(C)C. The van der Waals surface area contributed by atoms with E-state index < -0.39 is 0 Å². The molecule has 1 atom stereocenters. The molecule has 6 nitrogen and oxygen atoms in total. The van der Waals surface area contributed by atoms with Crippen molar-refractivity contribution in [1.82, 2.24) is 15.5 Å².